The van der Waals surface area contributed by atoms with E-state index in [0.29, 0.717) is 0 Å². The Morgan fingerprint density at radius 1 is 1.60 bits per heavy atom. The molecule has 0 nitrogen and oxygen atoms in total. The molecular weight excluding hydrogens is 97.5 g/mol. The maximum Gasteiger partial charge on any atom is 0.324 e. The van der Waals surface area contributed by atoms with Crippen LogP contribution in [0.2, 0.25) is 0 Å². The van der Waals surface area contributed by atoms with Crippen molar-refractivity contribution in [2.24, 2.45) is 0 Å². The Balaban J connectivity index is 2.54. The van der Waals surface area contributed by atoms with Crippen molar-refractivity contribution < 1.29 is 8.78 Å². The molecule has 0 aliphatic rings. The van der Waals surface area contributed by atoms with Crippen molar-refractivity contribution in [1.82, 2.24) is 0 Å². The summed E-state index contributed by atoms with van der Waals surface area (Å²) in [6, 6.07) is 0. The lowest BCUT2D eigenvalue weighted by molar-refractivity contribution is 0.308. The second kappa shape index (κ2) is 2.39. The van der Waals surface area contributed by atoms with E-state index in [1.54, 1.807) is 0 Å². The number of rotatable bonds is 1. The molecule has 31 valence electrons. The first-order valence-corrected chi connectivity index (χ1v) is 1.53. The van der Waals surface area contributed by atoms with Gasteiger partial charge >= 0.3 is 6.43 Å². The SMILES string of the molecule is F[C](F)CCl. The van der Waals surface area contributed by atoms with Crippen molar-refractivity contribution in [2.75, 3.05) is 5.88 Å². The molecule has 0 unspecified atom stereocenters. The van der Waals surface area contributed by atoms with Crippen molar-refractivity contribution >= 4 is 11.6 Å². The summed E-state index contributed by atoms with van der Waals surface area (Å²) in [6.07, 6.45) is -1.73. The quantitative estimate of drug-likeness (QED) is 0.439. The van der Waals surface area contributed by atoms with Crippen LogP contribution in [-0.2, 0) is 0 Å². The molecule has 0 amide bonds. The van der Waals surface area contributed by atoms with E-state index in [0.717, 1.165) is 0 Å². The smallest absolute Gasteiger partial charge is 0.198 e. The van der Waals surface area contributed by atoms with Gasteiger partial charge in [-0.25, -0.2) is 0 Å². The second-order valence-corrected chi connectivity index (χ2v) is 0.740. The van der Waals surface area contributed by atoms with Crippen LogP contribution in [-0.4, -0.2) is 5.88 Å². The zero-order chi connectivity index (χ0) is 4.28. The Labute approximate surface area is 33.7 Å². The van der Waals surface area contributed by atoms with Crippen molar-refractivity contribution in [2.45, 2.75) is 0 Å². The maximum atomic E-state index is 10.5. The number of halogens is 3. The van der Waals surface area contributed by atoms with Gasteiger partial charge in [0.25, 0.3) is 0 Å². The van der Waals surface area contributed by atoms with E-state index in [1.165, 1.54) is 0 Å². The lowest BCUT2D eigenvalue weighted by Gasteiger charge is -1.76. The Bertz CT molecular complexity index is 21.6. The van der Waals surface area contributed by atoms with Crippen molar-refractivity contribution in [3.63, 3.8) is 0 Å². The van der Waals surface area contributed by atoms with Crippen LogP contribution in [0.25, 0.3) is 0 Å². The molecule has 0 atom stereocenters. The summed E-state index contributed by atoms with van der Waals surface area (Å²) in [4.78, 5) is 0. The van der Waals surface area contributed by atoms with E-state index in [2.05, 4.69) is 11.6 Å². The van der Waals surface area contributed by atoms with E-state index in [4.69, 9.17) is 0 Å². The fourth-order valence-corrected chi connectivity index (χ4v) is 0. The van der Waals surface area contributed by atoms with Gasteiger partial charge in [-0.1, -0.05) is 0 Å². The maximum absolute atomic E-state index is 10.5. The average molecular weight is 99.5 g/mol. The van der Waals surface area contributed by atoms with E-state index < -0.39 is 12.3 Å². The zero-order valence-electron chi connectivity index (χ0n) is 2.34. The van der Waals surface area contributed by atoms with Crippen LogP contribution in [0.4, 0.5) is 8.78 Å². The van der Waals surface area contributed by atoms with Gasteiger partial charge in [0.2, 0.25) is 0 Å². The molecule has 0 saturated heterocycles. The molecule has 0 aliphatic carbocycles. The van der Waals surface area contributed by atoms with Crippen LogP contribution in [0.1, 0.15) is 0 Å². The fraction of sp³-hybridized carbons (Fsp3) is 0.500. The summed E-state index contributed by atoms with van der Waals surface area (Å²) in [7, 11) is 0. The molecule has 3 heteroatoms. The second-order valence-electron chi connectivity index (χ2n) is 0.472. The Morgan fingerprint density at radius 2 is 1.80 bits per heavy atom. The van der Waals surface area contributed by atoms with Gasteiger partial charge in [0, 0.05) is 0 Å². The normalized spacial score (nSPS) is 9.60. The molecule has 0 aliphatic heterocycles. The molecule has 0 N–H and O–H groups in total. The van der Waals surface area contributed by atoms with Crippen LogP contribution in [0.5, 0.6) is 0 Å². The van der Waals surface area contributed by atoms with Crippen LogP contribution in [0, 0.1) is 6.43 Å². The molecule has 5 heavy (non-hydrogen) atoms. The lowest BCUT2D eigenvalue weighted by atomic mass is 10.9. The fourth-order valence-electron chi connectivity index (χ4n) is 0. The first-order valence-electron chi connectivity index (χ1n) is 0.999. The van der Waals surface area contributed by atoms with Gasteiger partial charge < -0.3 is 0 Å². The summed E-state index contributed by atoms with van der Waals surface area (Å²) in [5.74, 6) is -0.639. The van der Waals surface area contributed by atoms with Crippen LogP contribution in [0.3, 0.4) is 0 Å². The first-order chi connectivity index (χ1) is 2.27. The molecule has 1 radical (unpaired) electrons. The molecule has 0 fully saturated rings. The Hall–Kier alpha value is 0.150. The largest absolute Gasteiger partial charge is 0.324 e. The van der Waals surface area contributed by atoms with Crippen molar-refractivity contribution in [1.29, 1.82) is 0 Å². The highest BCUT2D eigenvalue weighted by atomic mass is 35.5. The predicted molar refractivity (Wildman–Crippen MR) is 16.2 cm³/mol. The third-order valence-corrected chi connectivity index (χ3v) is 0.303. The van der Waals surface area contributed by atoms with Crippen LogP contribution >= 0.6 is 11.6 Å². The molecule has 0 rings (SSSR count). The molecule has 0 bridgehead atoms. The van der Waals surface area contributed by atoms with Crippen LogP contribution in [0.15, 0.2) is 0 Å². The first kappa shape index (κ1) is 5.15. The molecule has 0 saturated carbocycles. The van der Waals surface area contributed by atoms with E-state index >= 15 is 0 Å². The van der Waals surface area contributed by atoms with Crippen molar-refractivity contribution in [3.05, 3.63) is 6.43 Å². The van der Waals surface area contributed by atoms with Gasteiger partial charge in [-0.15, -0.1) is 11.6 Å². The number of hydrogen-bond acceptors (Lipinski definition) is 0. The highest BCUT2D eigenvalue weighted by Gasteiger charge is 1.97. The lowest BCUT2D eigenvalue weighted by Crippen LogP contribution is -1.74. The molecule has 0 aromatic rings. The summed E-state index contributed by atoms with van der Waals surface area (Å²) in [5, 5.41) is 0. The standard InChI is InChI=1S/C2H2ClF2/c3-1-2(4)5/h1H2. The van der Waals surface area contributed by atoms with Gasteiger partial charge in [0.15, 0.2) is 0 Å². The molecule has 0 aromatic carbocycles. The van der Waals surface area contributed by atoms with Gasteiger partial charge in [-0.2, -0.15) is 8.78 Å². The van der Waals surface area contributed by atoms with E-state index in [9.17, 15) is 8.78 Å². The minimum atomic E-state index is -1.73. The minimum Gasteiger partial charge on any atom is -0.198 e. The molecule has 0 spiro atoms. The third-order valence-electron chi connectivity index (χ3n) is 0.101. The number of alkyl halides is 1. The highest BCUT2D eigenvalue weighted by molar-refractivity contribution is 6.18. The van der Waals surface area contributed by atoms with Crippen molar-refractivity contribution in [3.8, 4) is 0 Å². The topological polar surface area (TPSA) is 0 Å². The highest BCUT2D eigenvalue weighted by Crippen LogP contribution is 2.02. The average Bonchev–Trinajstić information content (AvgIpc) is 1.38. The predicted octanol–water partition coefficient (Wildman–Crippen LogP) is 1.65. The number of hydrogen-bond donors (Lipinski definition) is 0. The van der Waals surface area contributed by atoms with Gasteiger partial charge in [0.05, 0.1) is 5.88 Å². The molecule has 0 heterocycles. The van der Waals surface area contributed by atoms with E-state index in [1.807, 2.05) is 0 Å². The summed E-state index contributed by atoms with van der Waals surface area (Å²) < 4.78 is 21.1. The van der Waals surface area contributed by atoms with Crippen LogP contribution < -0.4 is 0 Å². The monoisotopic (exact) mass is 99.0 g/mol. The van der Waals surface area contributed by atoms with E-state index in [-0.39, 0.29) is 0 Å². The van der Waals surface area contributed by atoms with Gasteiger partial charge in [-0.05, 0) is 0 Å². The molecule has 0 aromatic heterocycles. The van der Waals surface area contributed by atoms with Gasteiger partial charge in [-0.3, -0.25) is 0 Å². The summed E-state index contributed by atoms with van der Waals surface area (Å²) in [5.41, 5.74) is 0. The minimum absolute atomic E-state index is 0.639. The third kappa shape index (κ3) is 4.15. The Kier molecular flexibility index (Phi) is 2.46. The molecular formula is C2H2ClF2. The Morgan fingerprint density at radius 3 is 1.80 bits per heavy atom. The summed E-state index contributed by atoms with van der Waals surface area (Å²) >= 11 is 4.55. The summed E-state index contributed by atoms with van der Waals surface area (Å²) in [6.45, 7) is 0. The zero-order valence-corrected chi connectivity index (χ0v) is 3.10. The van der Waals surface area contributed by atoms with Gasteiger partial charge in [0.1, 0.15) is 0 Å².